The van der Waals surface area contributed by atoms with Gasteiger partial charge in [-0.05, 0) is 67.5 Å². The zero-order valence-electron chi connectivity index (χ0n) is 19.6. The Morgan fingerprint density at radius 3 is 2.74 bits per heavy atom. The predicted molar refractivity (Wildman–Crippen MR) is 131 cm³/mol. The molecule has 1 saturated heterocycles. The van der Waals surface area contributed by atoms with Crippen LogP contribution in [0, 0.1) is 5.41 Å². The molecular weight excluding hydrogens is 459 g/mol. The molecule has 1 aliphatic heterocycles. The Bertz CT molecular complexity index is 1070. The van der Waals surface area contributed by atoms with Crippen molar-refractivity contribution in [2.24, 2.45) is 17.5 Å². The number of rotatable bonds is 9. The topological polar surface area (TPSA) is 46.3 Å². The molecular formula is C25H30F3N5S. The highest BCUT2D eigenvalue weighted by Gasteiger charge is 2.57. The van der Waals surface area contributed by atoms with E-state index < -0.39 is 11.7 Å². The number of allylic oxidation sites excluding steroid dienone is 3. The summed E-state index contributed by atoms with van der Waals surface area (Å²) in [7, 11) is 3.67. The van der Waals surface area contributed by atoms with Crippen molar-refractivity contribution >= 4 is 23.5 Å². The van der Waals surface area contributed by atoms with Gasteiger partial charge in [0.05, 0.1) is 5.56 Å². The molecule has 2 heterocycles. The Hall–Kier alpha value is -2.39. The van der Waals surface area contributed by atoms with Gasteiger partial charge in [0, 0.05) is 38.2 Å². The van der Waals surface area contributed by atoms with Crippen LogP contribution >= 0.6 is 11.8 Å². The zero-order valence-corrected chi connectivity index (χ0v) is 20.4. The summed E-state index contributed by atoms with van der Waals surface area (Å²) >= 11 is 1.69. The quantitative estimate of drug-likeness (QED) is 0.203. The van der Waals surface area contributed by atoms with Crippen molar-refractivity contribution in [3.8, 4) is 0 Å². The van der Waals surface area contributed by atoms with E-state index in [1.165, 1.54) is 12.1 Å². The molecule has 2 fully saturated rings. The normalized spacial score (nSPS) is 23.3. The monoisotopic (exact) mass is 489 g/mol. The molecule has 34 heavy (non-hydrogen) atoms. The Kier molecular flexibility index (Phi) is 7.33. The molecule has 0 radical (unpaired) electrons. The molecule has 2 atom stereocenters. The maximum atomic E-state index is 12.8. The zero-order chi connectivity index (χ0) is 24.3. The van der Waals surface area contributed by atoms with Crippen LogP contribution in [0.4, 0.5) is 13.2 Å². The van der Waals surface area contributed by atoms with Gasteiger partial charge in [0.1, 0.15) is 0 Å². The summed E-state index contributed by atoms with van der Waals surface area (Å²) in [6, 6.07) is 5.76. The molecule has 4 rings (SSSR count). The van der Waals surface area contributed by atoms with Gasteiger partial charge < -0.3 is 9.47 Å². The molecule has 1 aromatic heterocycles. The van der Waals surface area contributed by atoms with E-state index in [1.54, 1.807) is 43.2 Å². The van der Waals surface area contributed by atoms with E-state index in [9.17, 15) is 13.2 Å². The maximum absolute atomic E-state index is 12.8. The fourth-order valence-electron chi connectivity index (χ4n) is 4.88. The standard InChI is InChI=1S/C25H30F3N5S/c1-4-18(10-12-29-2)22-30-31-23(32(22)3)34-15-5-13-33-14-11-24(17-33)16-21(24)19-6-8-20(9-7-19)25(26,27)28/h4,6-10,12,21H,1,5,11,13-17H2,2-3H3/b18-10+,29-12?/t21-,24+/m1/s1. The molecule has 182 valence electrons. The van der Waals surface area contributed by atoms with E-state index in [4.69, 9.17) is 0 Å². The minimum absolute atomic E-state index is 0.251. The van der Waals surface area contributed by atoms with Crippen molar-refractivity contribution in [2.75, 3.05) is 32.4 Å². The SMILES string of the molecule is C=C/C(=C\C=NC)c1nnc(SCCCN2CC[C@]3(C[C@@H]3c3ccc(C(F)(F)F)cc3)C2)n1C. The molecule has 9 heteroatoms. The van der Waals surface area contributed by atoms with Crippen molar-refractivity contribution in [1.82, 2.24) is 19.7 Å². The third kappa shape index (κ3) is 5.30. The van der Waals surface area contributed by atoms with E-state index in [1.807, 2.05) is 17.7 Å². The number of likely N-dealkylation sites (tertiary alicyclic amines) is 1. The molecule has 0 amide bonds. The number of nitrogens with zero attached hydrogens (tertiary/aromatic N) is 5. The second-order valence-electron chi connectivity index (χ2n) is 9.07. The highest BCUT2D eigenvalue weighted by molar-refractivity contribution is 7.99. The number of aromatic nitrogens is 3. The van der Waals surface area contributed by atoms with Gasteiger partial charge >= 0.3 is 6.18 Å². The summed E-state index contributed by atoms with van der Waals surface area (Å²) in [4.78, 5) is 6.47. The molecule has 1 spiro atoms. The van der Waals surface area contributed by atoms with Crippen LogP contribution in [-0.4, -0.2) is 58.3 Å². The predicted octanol–water partition coefficient (Wildman–Crippen LogP) is 5.47. The lowest BCUT2D eigenvalue weighted by Crippen LogP contribution is -2.23. The van der Waals surface area contributed by atoms with Crippen molar-refractivity contribution < 1.29 is 13.2 Å². The first-order valence-corrected chi connectivity index (χ1v) is 12.4. The van der Waals surface area contributed by atoms with E-state index in [-0.39, 0.29) is 5.41 Å². The Labute approximate surface area is 202 Å². The van der Waals surface area contributed by atoms with Crippen LogP contribution in [0.5, 0.6) is 0 Å². The lowest BCUT2D eigenvalue weighted by atomic mass is 9.97. The lowest BCUT2D eigenvalue weighted by molar-refractivity contribution is -0.137. The van der Waals surface area contributed by atoms with E-state index in [2.05, 4.69) is 26.7 Å². The van der Waals surface area contributed by atoms with Crippen molar-refractivity contribution in [2.45, 2.75) is 36.5 Å². The van der Waals surface area contributed by atoms with Crippen molar-refractivity contribution in [1.29, 1.82) is 0 Å². The molecule has 1 aliphatic carbocycles. The summed E-state index contributed by atoms with van der Waals surface area (Å²) in [5.74, 6) is 2.10. The number of thioether (sulfide) groups is 1. The van der Waals surface area contributed by atoms with Crippen molar-refractivity contribution in [3.05, 3.63) is 59.9 Å². The van der Waals surface area contributed by atoms with Crippen LogP contribution in [0.15, 0.2) is 53.1 Å². The number of alkyl halides is 3. The second-order valence-corrected chi connectivity index (χ2v) is 10.1. The number of aliphatic imine (C=N–C) groups is 1. The first-order valence-electron chi connectivity index (χ1n) is 11.4. The number of halogens is 3. The lowest BCUT2D eigenvalue weighted by Gasteiger charge is -2.16. The average Bonchev–Trinajstić information content (AvgIpc) is 3.17. The smallest absolute Gasteiger partial charge is 0.305 e. The molecule has 1 aromatic carbocycles. The average molecular weight is 490 g/mol. The summed E-state index contributed by atoms with van der Waals surface area (Å²) < 4.78 is 40.5. The summed E-state index contributed by atoms with van der Waals surface area (Å²) in [5.41, 5.74) is 1.60. The summed E-state index contributed by atoms with van der Waals surface area (Å²) in [5, 5.41) is 9.49. The first-order chi connectivity index (χ1) is 16.3. The van der Waals surface area contributed by atoms with Crippen LogP contribution in [0.1, 0.15) is 42.1 Å². The third-order valence-corrected chi connectivity index (χ3v) is 7.97. The molecule has 0 unspecified atom stereocenters. The van der Waals surface area contributed by atoms with Crippen LogP contribution in [0.2, 0.25) is 0 Å². The number of hydrogen-bond donors (Lipinski definition) is 0. The van der Waals surface area contributed by atoms with Gasteiger partial charge in [0.25, 0.3) is 0 Å². The van der Waals surface area contributed by atoms with Gasteiger partial charge in [-0.1, -0.05) is 36.5 Å². The molecule has 5 nitrogen and oxygen atoms in total. The Balaban J connectivity index is 1.24. The van der Waals surface area contributed by atoms with Crippen LogP contribution in [-0.2, 0) is 13.2 Å². The third-order valence-electron chi connectivity index (χ3n) is 6.86. The second kappa shape index (κ2) is 10.1. The van der Waals surface area contributed by atoms with Crippen LogP contribution in [0.3, 0.4) is 0 Å². The van der Waals surface area contributed by atoms with Gasteiger partial charge in [0.15, 0.2) is 11.0 Å². The van der Waals surface area contributed by atoms with Crippen LogP contribution in [0.25, 0.3) is 5.57 Å². The largest absolute Gasteiger partial charge is 0.416 e. The molecule has 2 aliphatic rings. The molecule has 0 bridgehead atoms. The van der Waals surface area contributed by atoms with Crippen molar-refractivity contribution in [3.63, 3.8) is 0 Å². The fourth-order valence-corrected chi connectivity index (χ4v) is 5.72. The fraction of sp³-hybridized carbons (Fsp3) is 0.480. The van der Waals surface area contributed by atoms with Gasteiger partial charge in [-0.3, -0.25) is 4.99 Å². The molecule has 2 aromatic rings. The highest BCUT2D eigenvalue weighted by Crippen LogP contribution is 2.64. The highest BCUT2D eigenvalue weighted by atomic mass is 32.2. The number of hydrogen-bond acceptors (Lipinski definition) is 5. The van der Waals surface area contributed by atoms with E-state index in [0.717, 1.165) is 66.8 Å². The molecule has 0 N–H and O–H groups in total. The minimum atomic E-state index is -4.27. The Morgan fingerprint density at radius 1 is 1.29 bits per heavy atom. The van der Waals surface area contributed by atoms with Gasteiger partial charge in [-0.2, -0.15) is 13.2 Å². The minimum Gasteiger partial charge on any atom is -0.305 e. The number of benzene rings is 1. The summed E-state index contributed by atoms with van der Waals surface area (Å²) in [6.07, 6.45) is 4.29. The van der Waals surface area contributed by atoms with Gasteiger partial charge in [-0.25, -0.2) is 0 Å². The van der Waals surface area contributed by atoms with Gasteiger partial charge in [-0.15, -0.1) is 10.2 Å². The molecule has 1 saturated carbocycles. The maximum Gasteiger partial charge on any atom is 0.416 e. The first kappa shape index (κ1) is 24.7. The Morgan fingerprint density at radius 2 is 2.06 bits per heavy atom. The van der Waals surface area contributed by atoms with Gasteiger partial charge in [0.2, 0.25) is 0 Å². The van der Waals surface area contributed by atoms with E-state index >= 15 is 0 Å². The van der Waals surface area contributed by atoms with E-state index in [0.29, 0.717) is 5.92 Å². The van der Waals surface area contributed by atoms with Crippen LogP contribution < -0.4 is 0 Å². The summed E-state index contributed by atoms with van der Waals surface area (Å²) in [6.45, 7) is 6.95.